The topological polar surface area (TPSA) is 29.5 Å². The van der Waals surface area contributed by atoms with Crippen LogP contribution < -0.4 is 0 Å². The maximum Gasteiger partial charge on any atom is 0.0622 e. The molecule has 0 aliphatic carbocycles. The number of ether oxygens (including phenoxy) is 1. The summed E-state index contributed by atoms with van der Waals surface area (Å²) in [5.74, 6) is 0.396. The van der Waals surface area contributed by atoms with E-state index in [1.807, 2.05) is 6.92 Å². The van der Waals surface area contributed by atoms with Crippen LogP contribution in [0.15, 0.2) is 0 Å². The minimum atomic E-state index is -0.189. The lowest BCUT2D eigenvalue weighted by molar-refractivity contribution is 0.0111. The second kappa shape index (κ2) is 5.61. The summed E-state index contributed by atoms with van der Waals surface area (Å²) in [5, 5.41) is 9.28. The number of aliphatic hydroxyl groups is 1. The molecule has 0 aliphatic heterocycles. The third-order valence-corrected chi connectivity index (χ3v) is 2.81. The first-order chi connectivity index (χ1) is 5.89. The van der Waals surface area contributed by atoms with Gasteiger partial charge in [0.25, 0.3) is 0 Å². The maximum absolute atomic E-state index is 9.28. The Labute approximate surface area is 82.3 Å². The summed E-state index contributed by atoms with van der Waals surface area (Å²) in [7, 11) is 1.75. The van der Waals surface area contributed by atoms with Crippen molar-refractivity contribution < 1.29 is 9.84 Å². The highest BCUT2D eigenvalue weighted by molar-refractivity contribution is 4.69. The van der Waals surface area contributed by atoms with Gasteiger partial charge in [-0.25, -0.2) is 0 Å². The van der Waals surface area contributed by atoms with E-state index in [1.54, 1.807) is 7.11 Å². The average Bonchev–Trinajstić information content (AvgIpc) is 2.04. The molecule has 0 rings (SSSR count). The predicted octanol–water partition coefficient (Wildman–Crippen LogP) is 2.60. The highest BCUT2D eigenvalue weighted by atomic mass is 16.5. The lowest BCUT2D eigenvalue weighted by Crippen LogP contribution is -2.23. The summed E-state index contributed by atoms with van der Waals surface area (Å²) in [6, 6.07) is 0. The number of hydrogen-bond donors (Lipinski definition) is 1. The van der Waals surface area contributed by atoms with E-state index in [0.29, 0.717) is 5.92 Å². The van der Waals surface area contributed by atoms with Gasteiger partial charge in [-0.1, -0.05) is 13.3 Å². The van der Waals surface area contributed by atoms with Gasteiger partial charge in [-0.3, -0.25) is 0 Å². The summed E-state index contributed by atoms with van der Waals surface area (Å²) >= 11 is 0. The predicted molar refractivity (Wildman–Crippen MR) is 55.8 cm³/mol. The van der Waals surface area contributed by atoms with Gasteiger partial charge in [0.2, 0.25) is 0 Å². The summed E-state index contributed by atoms with van der Waals surface area (Å²) < 4.78 is 5.32. The van der Waals surface area contributed by atoms with E-state index < -0.39 is 0 Å². The highest BCUT2D eigenvalue weighted by Crippen LogP contribution is 2.20. The fourth-order valence-corrected chi connectivity index (χ4v) is 1.19. The van der Waals surface area contributed by atoms with E-state index in [2.05, 4.69) is 20.8 Å². The fraction of sp³-hybridized carbons (Fsp3) is 1.00. The van der Waals surface area contributed by atoms with Crippen molar-refractivity contribution >= 4 is 0 Å². The minimum Gasteiger partial charge on any atom is -0.393 e. The molecule has 0 aromatic rings. The Morgan fingerprint density at radius 2 is 1.85 bits per heavy atom. The zero-order valence-corrected chi connectivity index (χ0v) is 9.63. The summed E-state index contributed by atoms with van der Waals surface area (Å²) in [6.45, 7) is 8.14. The molecule has 0 heterocycles. The maximum atomic E-state index is 9.28. The quantitative estimate of drug-likeness (QED) is 0.694. The third-order valence-electron chi connectivity index (χ3n) is 2.81. The molecule has 2 nitrogen and oxygen atoms in total. The van der Waals surface area contributed by atoms with Crippen molar-refractivity contribution in [3.63, 3.8) is 0 Å². The third kappa shape index (κ3) is 6.05. The molecule has 0 amide bonds. The molecule has 0 aromatic carbocycles. The standard InChI is InChI=1S/C11H24O2/c1-9(10(2)12)7-6-8-11(3,4)13-5/h9-10,12H,6-8H2,1-5H3/t9-,10+/m1/s1. The summed E-state index contributed by atoms with van der Waals surface area (Å²) in [4.78, 5) is 0. The Balaban J connectivity index is 3.56. The average molecular weight is 188 g/mol. The van der Waals surface area contributed by atoms with Gasteiger partial charge in [-0.15, -0.1) is 0 Å². The monoisotopic (exact) mass is 188 g/mol. The van der Waals surface area contributed by atoms with E-state index in [9.17, 15) is 5.11 Å². The van der Waals surface area contributed by atoms with E-state index in [0.717, 1.165) is 19.3 Å². The van der Waals surface area contributed by atoms with Crippen LogP contribution in [0.5, 0.6) is 0 Å². The van der Waals surface area contributed by atoms with E-state index in [-0.39, 0.29) is 11.7 Å². The van der Waals surface area contributed by atoms with Crippen LogP contribution >= 0.6 is 0 Å². The molecule has 0 saturated carbocycles. The van der Waals surface area contributed by atoms with Crippen LogP contribution in [0.25, 0.3) is 0 Å². The Kier molecular flexibility index (Phi) is 5.57. The molecule has 0 fully saturated rings. The second-order valence-electron chi connectivity index (χ2n) is 4.57. The van der Waals surface area contributed by atoms with Crippen molar-refractivity contribution in [2.75, 3.05) is 7.11 Å². The lowest BCUT2D eigenvalue weighted by atomic mass is 9.94. The molecule has 0 saturated heterocycles. The molecule has 0 aromatic heterocycles. The Morgan fingerprint density at radius 3 is 2.23 bits per heavy atom. The Bertz CT molecular complexity index is 130. The molecule has 1 N–H and O–H groups in total. The zero-order valence-electron chi connectivity index (χ0n) is 9.63. The summed E-state index contributed by atoms with van der Waals surface area (Å²) in [6.07, 6.45) is 3.06. The number of hydrogen-bond acceptors (Lipinski definition) is 2. The number of aliphatic hydroxyl groups excluding tert-OH is 1. The molecule has 13 heavy (non-hydrogen) atoms. The second-order valence-corrected chi connectivity index (χ2v) is 4.57. The Hall–Kier alpha value is -0.0800. The van der Waals surface area contributed by atoms with Gasteiger partial charge < -0.3 is 9.84 Å². The molecule has 2 heteroatoms. The molecule has 80 valence electrons. The van der Waals surface area contributed by atoms with Crippen molar-refractivity contribution in [2.24, 2.45) is 5.92 Å². The highest BCUT2D eigenvalue weighted by Gasteiger charge is 2.17. The zero-order chi connectivity index (χ0) is 10.5. The van der Waals surface area contributed by atoms with E-state index in [4.69, 9.17) is 4.74 Å². The molecule has 2 atom stereocenters. The smallest absolute Gasteiger partial charge is 0.0622 e. The first kappa shape index (κ1) is 12.9. The Morgan fingerprint density at radius 1 is 1.31 bits per heavy atom. The number of methoxy groups -OCH3 is 1. The van der Waals surface area contributed by atoms with Gasteiger partial charge in [-0.05, 0) is 39.5 Å². The largest absolute Gasteiger partial charge is 0.393 e. The summed E-state index contributed by atoms with van der Waals surface area (Å²) in [5.41, 5.74) is -0.0155. The molecule has 0 radical (unpaired) electrons. The van der Waals surface area contributed by atoms with Gasteiger partial charge in [0.15, 0.2) is 0 Å². The van der Waals surface area contributed by atoms with Crippen molar-refractivity contribution in [1.29, 1.82) is 0 Å². The first-order valence-corrected chi connectivity index (χ1v) is 5.12. The van der Waals surface area contributed by atoms with Crippen LogP contribution in [0.3, 0.4) is 0 Å². The van der Waals surface area contributed by atoms with Gasteiger partial charge in [-0.2, -0.15) is 0 Å². The normalized spacial score (nSPS) is 17.1. The van der Waals surface area contributed by atoms with Crippen molar-refractivity contribution in [1.82, 2.24) is 0 Å². The number of rotatable bonds is 6. The lowest BCUT2D eigenvalue weighted by Gasteiger charge is -2.23. The minimum absolute atomic E-state index is 0.0155. The van der Waals surface area contributed by atoms with Crippen LogP contribution in [0.1, 0.15) is 47.0 Å². The van der Waals surface area contributed by atoms with Crippen LogP contribution in [0.4, 0.5) is 0 Å². The molecular weight excluding hydrogens is 164 g/mol. The van der Waals surface area contributed by atoms with Crippen molar-refractivity contribution in [3.8, 4) is 0 Å². The van der Waals surface area contributed by atoms with Crippen molar-refractivity contribution in [3.05, 3.63) is 0 Å². The molecular formula is C11H24O2. The van der Waals surface area contributed by atoms with Crippen molar-refractivity contribution in [2.45, 2.75) is 58.7 Å². The van der Waals surface area contributed by atoms with E-state index in [1.165, 1.54) is 0 Å². The van der Waals surface area contributed by atoms with E-state index >= 15 is 0 Å². The molecule has 0 spiro atoms. The molecule has 0 bridgehead atoms. The van der Waals surface area contributed by atoms with Crippen LogP contribution in [-0.4, -0.2) is 23.9 Å². The van der Waals surface area contributed by atoms with Gasteiger partial charge in [0.05, 0.1) is 11.7 Å². The van der Waals surface area contributed by atoms with Gasteiger partial charge in [0, 0.05) is 7.11 Å². The van der Waals surface area contributed by atoms with Gasteiger partial charge in [0.1, 0.15) is 0 Å². The first-order valence-electron chi connectivity index (χ1n) is 5.12. The molecule has 0 aliphatic rings. The fourth-order valence-electron chi connectivity index (χ4n) is 1.19. The molecule has 0 unspecified atom stereocenters. The SMILES string of the molecule is COC(C)(C)CCC[C@@H](C)[C@H](C)O. The van der Waals surface area contributed by atoms with Crippen LogP contribution in [-0.2, 0) is 4.74 Å². The van der Waals surface area contributed by atoms with Crippen LogP contribution in [0, 0.1) is 5.92 Å². The van der Waals surface area contributed by atoms with Crippen LogP contribution in [0.2, 0.25) is 0 Å². The van der Waals surface area contributed by atoms with Gasteiger partial charge >= 0.3 is 0 Å².